The number of carbonyl (C=O) groups is 1. The van der Waals surface area contributed by atoms with Crippen molar-refractivity contribution in [1.29, 1.82) is 0 Å². The van der Waals surface area contributed by atoms with Gasteiger partial charge in [0.2, 0.25) is 0 Å². The summed E-state index contributed by atoms with van der Waals surface area (Å²) >= 11 is 0. The molecule has 0 heterocycles. The van der Waals surface area contributed by atoms with Crippen molar-refractivity contribution in [3.63, 3.8) is 0 Å². The predicted octanol–water partition coefficient (Wildman–Crippen LogP) is 5.11. The van der Waals surface area contributed by atoms with E-state index in [9.17, 15) is 15.0 Å². The molecule has 4 atom stereocenters. The SMILES string of the molecule is CCCCC(C)c1cc(O)c(C2CC(=O)C3CC2C3(C)C)c(O)c1. The van der Waals surface area contributed by atoms with Crippen molar-refractivity contribution in [3.05, 3.63) is 23.3 Å². The van der Waals surface area contributed by atoms with Crippen LogP contribution in [0.3, 0.4) is 0 Å². The standard InChI is InChI=1S/C21H30O3/c1-5-6-7-12(2)13-8-18(23)20(19(24)9-13)14-10-17(22)16-11-15(14)21(16,3)4/h8-9,12,14-16,23-24H,5-7,10-11H2,1-4H3. The third-order valence-electron chi connectivity index (χ3n) is 6.73. The van der Waals surface area contributed by atoms with Crippen LogP contribution in [0.15, 0.2) is 12.1 Å². The highest BCUT2D eigenvalue weighted by Gasteiger charge is 2.59. The highest BCUT2D eigenvalue weighted by molar-refractivity contribution is 5.86. The van der Waals surface area contributed by atoms with Crippen molar-refractivity contribution in [3.8, 4) is 11.5 Å². The smallest absolute Gasteiger partial charge is 0.137 e. The Morgan fingerprint density at radius 2 is 1.88 bits per heavy atom. The summed E-state index contributed by atoms with van der Waals surface area (Å²) in [7, 11) is 0. The summed E-state index contributed by atoms with van der Waals surface area (Å²) in [5.74, 6) is 1.38. The van der Waals surface area contributed by atoms with Crippen LogP contribution >= 0.6 is 0 Å². The second-order valence-corrected chi connectivity index (χ2v) is 8.51. The highest BCUT2D eigenvalue weighted by Crippen LogP contribution is 2.64. The van der Waals surface area contributed by atoms with Gasteiger partial charge >= 0.3 is 0 Å². The molecule has 3 aliphatic carbocycles. The number of aromatic hydroxyl groups is 2. The molecule has 0 aromatic heterocycles. The zero-order valence-corrected chi connectivity index (χ0v) is 15.3. The first kappa shape index (κ1) is 17.3. The Balaban J connectivity index is 1.90. The molecule has 4 rings (SSSR count). The van der Waals surface area contributed by atoms with Crippen molar-refractivity contribution in [1.82, 2.24) is 0 Å². The minimum atomic E-state index is -0.0579. The van der Waals surface area contributed by atoms with E-state index in [1.54, 1.807) is 12.1 Å². The molecule has 0 amide bonds. The molecule has 3 fully saturated rings. The lowest BCUT2D eigenvalue weighted by atomic mass is 9.44. The van der Waals surface area contributed by atoms with E-state index < -0.39 is 0 Å². The van der Waals surface area contributed by atoms with Crippen LogP contribution in [-0.4, -0.2) is 16.0 Å². The summed E-state index contributed by atoms with van der Waals surface area (Å²) < 4.78 is 0. The number of carbonyl (C=O) groups excluding carboxylic acids is 1. The van der Waals surface area contributed by atoms with Crippen LogP contribution < -0.4 is 0 Å². The molecule has 0 spiro atoms. The zero-order chi connectivity index (χ0) is 17.6. The average molecular weight is 330 g/mol. The fourth-order valence-electron chi connectivity index (χ4n) is 4.98. The molecule has 0 radical (unpaired) electrons. The van der Waals surface area contributed by atoms with Gasteiger partial charge in [-0.1, -0.05) is 40.5 Å². The monoisotopic (exact) mass is 330 g/mol. The molecule has 1 aromatic carbocycles. The normalized spacial score (nSPS) is 29.2. The number of hydrogen-bond acceptors (Lipinski definition) is 3. The minimum absolute atomic E-state index is 0.0219. The second-order valence-electron chi connectivity index (χ2n) is 8.51. The molecular formula is C21H30O3. The number of ketones is 1. The second kappa shape index (κ2) is 6.09. The van der Waals surface area contributed by atoms with Gasteiger partial charge in [-0.25, -0.2) is 0 Å². The molecule has 4 unspecified atom stereocenters. The van der Waals surface area contributed by atoms with Crippen molar-refractivity contribution in [2.75, 3.05) is 0 Å². The zero-order valence-electron chi connectivity index (χ0n) is 15.3. The van der Waals surface area contributed by atoms with E-state index in [0.29, 0.717) is 23.8 Å². The average Bonchev–Trinajstić information content (AvgIpc) is 2.50. The van der Waals surface area contributed by atoms with Gasteiger partial charge in [-0.05, 0) is 47.8 Å². The van der Waals surface area contributed by atoms with Gasteiger partial charge < -0.3 is 10.2 Å². The van der Waals surface area contributed by atoms with Crippen LogP contribution in [0.2, 0.25) is 0 Å². The quantitative estimate of drug-likeness (QED) is 0.788. The number of rotatable bonds is 5. The lowest BCUT2D eigenvalue weighted by molar-refractivity contribution is -0.151. The van der Waals surface area contributed by atoms with Gasteiger partial charge in [0, 0.05) is 23.8 Å². The van der Waals surface area contributed by atoms with E-state index in [4.69, 9.17) is 0 Å². The van der Waals surface area contributed by atoms with E-state index in [1.165, 1.54) is 0 Å². The molecule has 3 heteroatoms. The highest BCUT2D eigenvalue weighted by atomic mass is 16.3. The van der Waals surface area contributed by atoms with E-state index >= 15 is 0 Å². The summed E-state index contributed by atoms with van der Waals surface area (Å²) in [6, 6.07) is 3.61. The number of fused-ring (bicyclic) bond motifs is 2. The molecule has 3 saturated carbocycles. The first-order valence-electron chi connectivity index (χ1n) is 9.35. The Bertz CT molecular complexity index is 623. The fraction of sp³-hybridized carbons (Fsp3) is 0.667. The third-order valence-corrected chi connectivity index (χ3v) is 6.73. The molecule has 132 valence electrons. The summed E-state index contributed by atoms with van der Waals surface area (Å²) in [4.78, 5) is 12.4. The first-order chi connectivity index (χ1) is 11.3. The maximum absolute atomic E-state index is 12.4. The molecule has 3 aliphatic rings. The van der Waals surface area contributed by atoms with Gasteiger partial charge in [-0.3, -0.25) is 4.79 Å². The molecule has 24 heavy (non-hydrogen) atoms. The molecule has 0 saturated heterocycles. The van der Waals surface area contributed by atoms with Crippen molar-refractivity contribution >= 4 is 5.78 Å². The Hall–Kier alpha value is -1.51. The Morgan fingerprint density at radius 1 is 1.25 bits per heavy atom. The van der Waals surface area contributed by atoms with E-state index in [-0.39, 0.29) is 34.5 Å². The van der Waals surface area contributed by atoms with Gasteiger partial charge in [0.05, 0.1) is 0 Å². The van der Waals surface area contributed by atoms with Crippen LogP contribution in [-0.2, 0) is 4.79 Å². The number of hydrogen-bond donors (Lipinski definition) is 2. The number of phenolic OH excluding ortho intramolecular Hbond substituents is 2. The molecule has 2 bridgehead atoms. The number of Topliss-reactive ketones (excluding diaryl/α,β-unsaturated/α-hetero) is 1. The minimum Gasteiger partial charge on any atom is -0.508 e. The number of phenols is 2. The first-order valence-corrected chi connectivity index (χ1v) is 9.35. The van der Waals surface area contributed by atoms with Crippen LogP contribution in [0.4, 0.5) is 0 Å². The van der Waals surface area contributed by atoms with Crippen LogP contribution in [0, 0.1) is 17.3 Å². The van der Waals surface area contributed by atoms with Crippen molar-refractivity contribution < 1.29 is 15.0 Å². The molecule has 2 N–H and O–H groups in total. The van der Waals surface area contributed by atoms with Gasteiger partial charge in [0.15, 0.2) is 0 Å². The van der Waals surface area contributed by atoms with E-state index in [2.05, 4.69) is 27.7 Å². The Labute approximate surface area is 145 Å². The maximum Gasteiger partial charge on any atom is 0.137 e. The van der Waals surface area contributed by atoms with E-state index in [1.807, 2.05) is 0 Å². The summed E-state index contributed by atoms with van der Waals surface area (Å²) in [5, 5.41) is 21.2. The molecule has 3 nitrogen and oxygen atoms in total. The van der Waals surface area contributed by atoms with Gasteiger partial charge in [0.1, 0.15) is 17.3 Å². The van der Waals surface area contributed by atoms with E-state index in [0.717, 1.165) is 31.2 Å². The predicted molar refractivity (Wildman–Crippen MR) is 95.5 cm³/mol. The third kappa shape index (κ3) is 2.62. The van der Waals surface area contributed by atoms with Gasteiger partial charge in [0.25, 0.3) is 0 Å². The lowest BCUT2D eigenvalue weighted by Crippen LogP contribution is -2.56. The number of benzene rings is 1. The topological polar surface area (TPSA) is 57.5 Å². The fourth-order valence-corrected chi connectivity index (χ4v) is 4.98. The summed E-state index contributed by atoms with van der Waals surface area (Å²) in [6.07, 6.45) is 4.67. The van der Waals surface area contributed by atoms with Gasteiger partial charge in [-0.15, -0.1) is 0 Å². The van der Waals surface area contributed by atoms with Crippen LogP contribution in [0.1, 0.15) is 82.8 Å². The van der Waals surface area contributed by atoms with Crippen LogP contribution in [0.5, 0.6) is 11.5 Å². The Morgan fingerprint density at radius 3 is 2.38 bits per heavy atom. The lowest BCUT2D eigenvalue weighted by Gasteiger charge is -2.59. The van der Waals surface area contributed by atoms with Crippen LogP contribution in [0.25, 0.3) is 0 Å². The molecule has 0 aliphatic heterocycles. The summed E-state index contributed by atoms with van der Waals surface area (Å²) in [5.41, 5.74) is 1.55. The van der Waals surface area contributed by atoms with Crippen molar-refractivity contribution in [2.24, 2.45) is 17.3 Å². The summed E-state index contributed by atoms with van der Waals surface area (Å²) in [6.45, 7) is 8.59. The number of unbranched alkanes of at least 4 members (excludes halogenated alkanes) is 1. The largest absolute Gasteiger partial charge is 0.508 e. The van der Waals surface area contributed by atoms with Crippen molar-refractivity contribution in [2.45, 2.75) is 71.6 Å². The molecule has 1 aromatic rings. The van der Waals surface area contributed by atoms with Gasteiger partial charge in [-0.2, -0.15) is 0 Å². The maximum atomic E-state index is 12.4. The molecular weight excluding hydrogens is 300 g/mol. The Kier molecular flexibility index (Phi) is 4.39.